The first-order valence-electron chi connectivity index (χ1n) is 13.2. The molecule has 0 radical (unpaired) electrons. The summed E-state index contributed by atoms with van der Waals surface area (Å²) >= 11 is 0. The third-order valence-electron chi connectivity index (χ3n) is 7.80. The van der Waals surface area contributed by atoms with Crippen molar-refractivity contribution in [2.75, 3.05) is 31.7 Å². The second-order valence-corrected chi connectivity index (χ2v) is 10.2. The van der Waals surface area contributed by atoms with Crippen LogP contribution in [0.1, 0.15) is 52.4 Å². The Labute approximate surface area is 217 Å². The monoisotopic (exact) mass is 495 g/mol. The Balaban J connectivity index is 1.48. The Kier molecular flexibility index (Phi) is 6.16. The van der Waals surface area contributed by atoms with Gasteiger partial charge >= 0.3 is 0 Å². The van der Waals surface area contributed by atoms with E-state index in [0.717, 1.165) is 67.6 Å². The lowest BCUT2D eigenvalue weighted by Crippen LogP contribution is -2.27. The molecule has 190 valence electrons. The average Bonchev–Trinajstić information content (AvgIpc) is 3.37. The highest BCUT2D eigenvalue weighted by Gasteiger charge is 2.25. The fourth-order valence-electron chi connectivity index (χ4n) is 5.82. The van der Waals surface area contributed by atoms with Gasteiger partial charge in [-0.25, -0.2) is 4.98 Å². The van der Waals surface area contributed by atoms with Crippen molar-refractivity contribution in [1.82, 2.24) is 20.1 Å². The molecule has 2 aromatic carbocycles. The summed E-state index contributed by atoms with van der Waals surface area (Å²) in [4.78, 5) is 20.0. The Morgan fingerprint density at radius 2 is 1.97 bits per heavy atom. The molecule has 1 amide bonds. The molecule has 2 aliphatic rings. The summed E-state index contributed by atoms with van der Waals surface area (Å²) in [5.74, 6) is 1.17. The zero-order valence-electron chi connectivity index (χ0n) is 21.8. The highest BCUT2D eigenvalue weighted by Crippen LogP contribution is 2.40. The summed E-state index contributed by atoms with van der Waals surface area (Å²) in [6.07, 6.45) is 8.09. The summed E-state index contributed by atoms with van der Waals surface area (Å²) in [5.41, 5.74) is 7.78. The highest BCUT2D eigenvalue weighted by molar-refractivity contribution is 6.01. The lowest BCUT2D eigenvalue weighted by Gasteiger charge is -2.32. The number of fused-ring (bicyclic) bond motifs is 2. The largest absolute Gasteiger partial charge is 0.381 e. The predicted octanol–water partition coefficient (Wildman–Crippen LogP) is 5.28. The van der Waals surface area contributed by atoms with Gasteiger partial charge in [-0.05, 0) is 84.4 Å². The van der Waals surface area contributed by atoms with Crippen LogP contribution in [0.25, 0.3) is 21.9 Å². The van der Waals surface area contributed by atoms with E-state index in [1.807, 2.05) is 24.0 Å². The number of aromatic nitrogens is 3. The molecule has 0 spiro atoms. The number of ether oxygens (including phenoxy) is 1. The maximum absolute atomic E-state index is 12.8. The topological polar surface area (TPSA) is 72.3 Å². The molecule has 0 unspecified atom stereocenters. The maximum Gasteiger partial charge on any atom is 0.269 e. The summed E-state index contributed by atoms with van der Waals surface area (Å²) in [6.45, 7) is 4.62. The van der Waals surface area contributed by atoms with Gasteiger partial charge in [-0.2, -0.15) is 5.10 Å². The van der Waals surface area contributed by atoms with E-state index in [9.17, 15) is 4.79 Å². The molecule has 6 rings (SSSR count). The molecule has 2 aliphatic heterocycles. The number of aryl methyl sites for hydroxylation is 3. The molecular formula is C30H33N5O2. The van der Waals surface area contributed by atoms with Gasteiger partial charge in [-0.15, -0.1) is 0 Å². The minimum atomic E-state index is -0.167. The van der Waals surface area contributed by atoms with E-state index in [2.05, 4.69) is 58.8 Å². The minimum Gasteiger partial charge on any atom is -0.381 e. The number of hydrogen-bond donors (Lipinski definition) is 1. The highest BCUT2D eigenvalue weighted by atomic mass is 16.5. The summed E-state index contributed by atoms with van der Waals surface area (Å²) in [5, 5.41) is 9.27. The van der Waals surface area contributed by atoms with Crippen LogP contribution in [-0.4, -0.2) is 47.5 Å². The van der Waals surface area contributed by atoms with Crippen LogP contribution < -0.4 is 10.2 Å². The zero-order valence-corrected chi connectivity index (χ0v) is 21.8. The molecule has 1 N–H and O–H groups in total. The molecule has 0 saturated carbocycles. The normalized spacial score (nSPS) is 16.1. The number of anilines is 2. The fraction of sp³-hybridized carbons (Fsp3) is 0.367. The van der Waals surface area contributed by atoms with E-state index in [-0.39, 0.29) is 5.91 Å². The van der Waals surface area contributed by atoms with Gasteiger partial charge < -0.3 is 15.0 Å². The van der Waals surface area contributed by atoms with Crippen LogP contribution in [0.2, 0.25) is 0 Å². The second-order valence-electron chi connectivity index (χ2n) is 10.2. The van der Waals surface area contributed by atoms with Gasteiger partial charge in [-0.3, -0.25) is 9.48 Å². The van der Waals surface area contributed by atoms with E-state index < -0.39 is 0 Å². The van der Waals surface area contributed by atoms with Crippen molar-refractivity contribution in [2.45, 2.75) is 38.5 Å². The van der Waals surface area contributed by atoms with Gasteiger partial charge in [0.15, 0.2) is 0 Å². The molecule has 7 nitrogen and oxygen atoms in total. The van der Waals surface area contributed by atoms with Crippen LogP contribution in [-0.2, 0) is 18.2 Å². The molecule has 1 saturated heterocycles. The molecule has 7 heteroatoms. The molecule has 4 heterocycles. The van der Waals surface area contributed by atoms with Crippen molar-refractivity contribution in [3.8, 4) is 11.1 Å². The van der Waals surface area contributed by atoms with Gasteiger partial charge in [-0.1, -0.05) is 18.2 Å². The first-order chi connectivity index (χ1) is 18.0. The Morgan fingerprint density at radius 3 is 2.73 bits per heavy atom. The van der Waals surface area contributed by atoms with E-state index in [1.165, 1.54) is 27.9 Å². The Bertz CT molecular complexity index is 1490. The minimum absolute atomic E-state index is 0.167. The third-order valence-corrected chi connectivity index (χ3v) is 7.80. The number of nitrogens with one attached hydrogen (secondary N) is 1. The summed E-state index contributed by atoms with van der Waals surface area (Å²) in [6, 6.07) is 13.2. The third kappa shape index (κ3) is 4.37. The summed E-state index contributed by atoms with van der Waals surface area (Å²) < 4.78 is 7.42. The number of carbonyl (C=O) groups excluding carboxylic acids is 1. The van der Waals surface area contributed by atoms with E-state index in [1.54, 1.807) is 7.05 Å². The maximum atomic E-state index is 12.8. The number of rotatable bonds is 4. The first-order valence-corrected chi connectivity index (χ1v) is 13.2. The van der Waals surface area contributed by atoms with Crippen LogP contribution in [0.4, 0.5) is 11.5 Å². The Morgan fingerprint density at radius 1 is 1.14 bits per heavy atom. The van der Waals surface area contributed by atoms with Crippen LogP contribution >= 0.6 is 0 Å². The van der Waals surface area contributed by atoms with Crippen molar-refractivity contribution >= 4 is 28.2 Å². The molecule has 0 atom stereocenters. The molecule has 0 bridgehead atoms. The molecule has 0 aliphatic carbocycles. The quantitative estimate of drug-likeness (QED) is 0.417. The fourth-order valence-corrected chi connectivity index (χ4v) is 5.82. The van der Waals surface area contributed by atoms with Crippen LogP contribution in [0.15, 0.2) is 48.8 Å². The average molecular weight is 496 g/mol. The number of amides is 1. The second kappa shape index (κ2) is 9.63. The SMILES string of the molecule is CNC(=O)c1cc2cc(C3CCOCC3)ccc2c(N2CCCc3cc(-c4cnn(C)c4)c(C)cc32)n1. The van der Waals surface area contributed by atoms with Crippen molar-refractivity contribution in [3.63, 3.8) is 0 Å². The van der Waals surface area contributed by atoms with Gasteiger partial charge in [0.25, 0.3) is 5.91 Å². The molecule has 4 aromatic rings. The van der Waals surface area contributed by atoms with Gasteiger partial charge in [0.1, 0.15) is 11.5 Å². The molecule has 1 fully saturated rings. The van der Waals surface area contributed by atoms with Gasteiger partial charge in [0.2, 0.25) is 0 Å². The zero-order chi connectivity index (χ0) is 25.5. The molecule has 37 heavy (non-hydrogen) atoms. The van der Waals surface area contributed by atoms with Gasteiger partial charge in [0.05, 0.1) is 6.20 Å². The van der Waals surface area contributed by atoms with Crippen LogP contribution in [0.3, 0.4) is 0 Å². The van der Waals surface area contributed by atoms with Crippen LogP contribution in [0, 0.1) is 6.92 Å². The lowest BCUT2D eigenvalue weighted by molar-refractivity contribution is 0.0853. The summed E-state index contributed by atoms with van der Waals surface area (Å²) in [7, 11) is 3.61. The smallest absolute Gasteiger partial charge is 0.269 e. The lowest BCUT2D eigenvalue weighted by atomic mass is 9.90. The van der Waals surface area contributed by atoms with Crippen molar-refractivity contribution < 1.29 is 9.53 Å². The number of carbonyl (C=O) groups is 1. The van der Waals surface area contributed by atoms with Gasteiger partial charge in [0, 0.05) is 56.7 Å². The number of pyridine rings is 1. The number of nitrogens with zero attached hydrogens (tertiary/aromatic N) is 4. The van der Waals surface area contributed by atoms with Crippen molar-refractivity contribution in [2.24, 2.45) is 7.05 Å². The van der Waals surface area contributed by atoms with E-state index in [0.29, 0.717) is 11.6 Å². The molecular weight excluding hydrogens is 462 g/mol. The van der Waals surface area contributed by atoms with E-state index in [4.69, 9.17) is 9.72 Å². The van der Waals surface area contributed by atoms with Crippen molar-refractivity contribution in [1.29, 1.82) is 0 Å². The first kappa shape index (κ1) is 23.7. The van der Waals surface area contributed by atoms with Crippen molar-refractivity contribution in [3.05, 3.63) is 71.2 Å². The Hall–Kier alpha value is -3.71. The standard InChI is InChI=1S/C30H33N5O2/c1-19-13-28-22(15-26(19)24-17-32-34(3)18-24)5-4-10-35(28)29-25-7-6-21(20-8-11-37-12-9-20)14-23(25)16-27(33-29)30(36)31-2/h6-7,13-18,20H,4-5,8-12H2,1-3H3,(H,31,36). The molecule has 2 aromatic heterocycles. The number of hydrogen-bond acceptors (Lipinski definition) is 5. The predicted molar refractivity (Wildman–Crippen MR) is 147 cm³/mol. The van der Waals surface area contributed by atoms with E-state index >= 15 is 0 Å². The van der Waals surface area contributed by atoms with Crippen LogP contribution in [0.5, 0.6) is 0 Å². The number of benzene rings is 2.